The maximum Gasteiger partial charge on any atom is 0.335 e. The fourth-order valence-electron chi connectivity index (χ4n) is 0.650. The van der Waals surface area contributed by atoms with Gasteiger partial charge in [-0.25, -0.2) is 9.59 Å². The maximum absolute atomic E-state index is 10.8. The monoisotopic (exact) mass is 302 g/mol. The Morgan fingerprint density at radius 3 is 1.67 bits per heavy atom. The molecule has 0 aromatic heterocycles. The zero-order chi connectivity index (χ0) is 17.2. The van der Waals surface area contributed by atoms with Gasteiger partial charge in [0.1, 0.15) is 0 Å². The van der Waals surface area contributed by atoms with Gasteiger partial charge < -0.3 is 19.7 Å². The molecule has 122 valence electrons. The second-order valence-electron chi connectivity index (χ2n) is 5.10. The smallest absolute Gasteiger partial charge is 0.335 e. The largest absolute Gasteiger partial charge is 0.433 e. The molecule has 0 fully saturated rings. The topological polar surface area (TPSA) is 93.1 Å². The molecule has 0 bridgehead atoms. The summed E-state index contributed by atoms with van der Waals surface area (Å²) in [5.74, 6) is -1.31. The summed E-state index contributed by atoms with van der Waals surface area (Å²) in [7, 11) is 0. The van der Waals surface area contributed by atoms with Crippen LogP contribution in [-0.2, 0) is 19.1 Å². The van der Waals surface area contributed by atoms with E-state index in [1.54, 1.807) is 27.7 Å². The van der Waals surface area contributed by atoms with Crippen LogP contribution in [0, 0.1) is 11.8 Å². The molecule has 0 aromatic rings. The Bertz CT molecular complexity index is 359. The summed E-state index contributed by atoms with van der Waals surface area (Å²) in [4.78, 5) is 21.2. The van der Waals surface area contributed by atoms with Gasteiger partial charge in [0.15, 0.2) is 0 Å². The van der Waals surface area contributed by atoms with Crippen LogP contribution in [0.25, 0.3) is 0 Å². The highest BCUT2D eigenvalue weighted by Gasteiger charge is 2.14. The highest BCUT2D eigenvalue weighted by Crippen LogP contribution is 2.05. The van der Waals surface area contributed by atoms with Crippen LogP contribution in [0.1, 0.15) is 34.6 Å². The molecule has 0 heterocycles. The standard InChI is InChI=1S/C8H14O3.C7H12O3/c1-5(2)7(9)11-8(10)6(3)4;1-4-6(8)10-7(9)5(2)3/h6,8,10H,1H2,2-4H3;4-5,7,9H,1H2,2-3H3. The highest BCUT2D eigenvalue weighted by atomic mass is 16.6. The average molecular weight is 302 g/mol. The number of aliphatic hydroxyl groups is 2. The number of hydrogen-bond acceptors (Lipinski definition) is 6. The Hall–Kier alpha value is -1.66. The third kappa shape index (κ3) is 11.8. The Kier molecular flexibility index (Phi) is 11.4. The van der Waals surface area contributed by atoms with Crippen LogP contribution in [0.2, 0.25) is 0 Å². The summed E-state index contributed by atoms with van der Waals surface area (Å²) in [6, 6.07) is 0. The van der Waals surface area contributed by atoms with Crippen LogP contribution < -0.4 is 0 Å². The van der Waals surface area contributed by atoms with Gasteiger partial charge in [-0.15, -0.1) is 0 Å². The minimum atomic E-state index is -1.03. The predicted octanol–water partition coefficient (Wildman–Crippen LogP) is 1.77. The summed E-state index contributed by atoms with van der Waals surface area (Å²) in [6.45, 7) is 15.1. The molecule has 6 nitrogen and oxygen atoms in total. The van der Waals surface area contributed by atoms with E-state index < -0.39 is 24.5 Å². The molecule has 0 aliphatic carbocycles. The van der Waals surface area contributed by atoms with Crippen molar-refractivity contribution in [1.29, 1.82) is 0 Å². The fourth-order valence-corrected chi connectivity index (χ4v) is 0.650. The molecule has 6 heteroatoms. The summed E-state index contributed by atoms with van der Waals surface area (Å²) >= 11 is 0. The number of carbonyl (C=O) groups is 2. The molecule has 21 heavy (non-hydrogen) atoms. The van der Waals surface area contributed by atoms with Gasteiger partial charge in [0.25, 0.3) is 0 Å². The van der Waals surface area contributed by atoms with Crippen LogP contribution >= 0.6 is 0 Å². The lowest BCUT2D eigenvalue weighted by Gasteiger charge is -2.14. The van der Waals surface area contributed by atoms with Gasteiger partial charge in [0.2, 0.25) is 12.6 Å². The Morgan fingerprint density at radius 1 is 1.00 bits per heavy atom. The second-order valence-corrected chi connectivity index (χ2v) is 5.10. The molecule has 0 spiro atoms. The van der Waals surface area contributed by atoms with Gasteiger partial charge in [-0.3, -0.25) is 0 Å². The molecule has 0 radical (unpaired) electrons. The number of esters is 2. The first-order valence-corrected chi connectivity index (χ1v) is 6.58. The van der Waals surface area contributed by atoms with E-state index in [0.717, 1.165) is 6.08 Å². The van der Waals surface area contributed by atoms with Crippen LogP contribution in [0.3, 0.4) is 0 Å². The molecule has 0 amide bonds. The number of rotatable bonds is 6. The third-order valence-electron chi connectivity index (χ3n) is 2.12. The number of ether oxygens (including phenoxy) is 2. The molecular formula is C15H26O6. The third-order valence-corrected chi connectivity index (χ3v) is 2.12. The zero-order valence-electron chi connectivity index (χ0n) is 13.3. The first-order chi connectivity index (χ1) is 9.52. The minimum absolute atomic E-state index is 0.0797. The Labute approximate surface area is 126 Å². The number of carbonyl (C=O) groups excluding carboxylic acids is 2. The van der Waals surface area contributed by atoms with Crippen molar-refractivity contribution in [3.63, 3.8) is 0 Å². The first kappa shape index (κ1) is 21.6. The van der Waals surface area contributed by atoms with Gasteiger partial charge in [-0.1, -0.05) is 40.9 Å². The summed E-state index contributed by atoms with van der Waals surface area (Å²) in [5.41, 5.74) is 0.296. The molecule has 2 unspecified atom stereocenters. The van der Waals surface area contributed by atoms with Crippen molar-refractivity contribution in [1.82, 2.24) is 0 Å². The van der Waals surface area contributed by atoms with E-state index in [0.29, 0.717) is 5.57 Å². The Morgan fingerprint density at radius 2 is 1.38 bits per heavy atom. The van der Waals surface area contributed by atoms with Crippen molar-refractivity contribution in [3.8, 4) is 0 Å². The van der Waals surface area contributed by atoms with Gasteiger partial charge in [0.05, 0.1) is 0 Å². The molecule has 2 atom stereocenters. The van der Waals surface area contributed by atoms with E-state index in [-0.39, 0.29) is 11.8 Å². The van der Waals surface area contributed by atoms with E-state index >= 15 is 0 Å². The van der Waals surface area contributed by atoms with Gasteiger partial charge in [-0.2, -0.15) is 0 Å². The molecule has 0 saturated carbocycles. The lowest BCUT2D eigenvalue weighted by Crippen LogP contribution is -2.23. The summed E-state index contributed by atoms with van der Waals surface area (Å²) < 4.78 is 9.05. The minimum Gasteiger partial charge on any atom is -0.433 e. The quantitative estimate of drug-likeness (QED) is 0.441. The fraction of sp³-hybridized carbons (Fsp3) is 0.600. The Balaban J connectivity index is 0. The van der Waals surface area contributed by atoms with E-state index in [4.69, 9.17) is 10.2 Å². The number of aliphatic hydroxyl groups excluding tert-OH is 2. The average Bonchev–Trinajstić information content (AvgIpc) is 2.38. The molecule has 0 aliphatic rings. The molecular weight excluding hydrogens is 276 g/mol. The van der Waals surface area contributed by atoms with Crippen molar-refractivity contribution in [3.05, 3.63) is 24.8 Å². The molecule has 2 N–H and O–H groups in total. The lowest BCUT2D eigenvalue weighted by molar-refractivity contribution is -0.170. The molecule has 0 aromatic carbocycles. The van der Waals surface area contributed by atoms with Crippen molar-refractivity contribution in [2.75, 3.05) is 0 Å². The normalized spacial score (nSPS) is 12.8. The molecule has 0 rings (SSSR count). The second kappa shape index (κ2) is 11.0. The van der Waals surface area contributed by atoms with Crippen LogP contribution in [0.4, 0.5) is 0 Å². The van der Waals surface area contributed by atoms with Crippen LogP contribution in [0.15, 0.2) is 24.8 Å². The summed E-state index contributed by atoms with van der Waals surface area (Å²) in [5, 5.41) is 18.0. The number of hydrogen-bond donors (Lipinski definition) is 2. The lowest BCUT2D eigenvalue weighted by atomic mass is 10.2. The summed E-state index contributed by atoms with van der Waals surface area (Å²) in [6.07, 6.45) is -1.03. The van der Waals surface area contributed by atoms with Crippen LogP contribution in [-0.4, -0.2) is 34.7 Å². The first-order valence-electron chi connectivity index (χ1n) is 6.58. The van der Waals surface area contributed by atoms with E-state index in [1.165, 1.54) is 6.92 Å². The van der Waals surface area contributed by atoms with E-state index in [1.807, 2.05) is 0 Å². The van der Waals surface area contributed by atoms with Gasteiger partial charge in [-0.05, 0) is 6.92 Å². The maximum atomic E-state index is 10.8. The van der Waals surface area contributed by atoms with Crippen molar-refractivity contribution >= 4 is 11.9 Å². The highest BCUT2D eigenvalue weighted by molar-refractivity contribution is 5.87. The van der Waals surface area contributed by atoms with Crippen molar-refractivity contribution in [2.45, 2.75) is 47.2 Å². The van der Waals surface area contributed by atoms with Gasteiger partial charge in [0, 0.05) is 23.5 Å². The van der Waals surface area contributed by atoms with E-state index in [9.17, 15) is 9.59 Å². The zero-order valence-corrected chi connectivity index (χ0v) is 13.3. The molecule has 0 aliphatic heterocycles. The van der Waals surface area contributed by atoms with Crippen LogP contribution in [0.5, 0.6) is 0 Å². The SMILES string of the molecule is C=C(C)C(=O)OC(O)C(C)C.C=CC(=O)OC(O)C(C)C. The molecule has 0 saturated heterocycles. The van der Waals surface area contributed by atoms with Crippen molar-refractivity contribution < 1.29 is 29.3 Å². The van der Waals surface area contributed by atoms with Crippen molar-refractivity contribution in [2.24, 2.45) is 11.8 Å². The predicted molar refractivity (Wildman–Crippen MR) is 78.9 cm³/mol. The van der Waals surface area contributed by atoms with Gasteiger partial charge >= 0.3 is 11.9 Å². The van der Waals surface area contributed by atoms with E-state index in [2.05, 4.69) is 22.6 Å².